The maximum atomic E-state index is 14.6. The van der Waals surface area contributed by atoms with Crippen LogP contribution in [-0.4, -0.2) is 89.3 Å². The molecular weight excluding hydrogens is 549 g/mol. The van der Waals surface area contributed by atoms with Gasteiger partial charge in [0.15, 0.2) is 11.5 Å². The molecule has 1 aliphatic heterocycles. The zero-order valence-electron chi connectivity index (χ0n) is 24.3. The van der Waals surface area contributed by atoms with Crippen LogP contribution in [0.4, 0.5) is 20.8 Å². The maximum absolute atomic E-state index is 14.6. The molecule has 11 nitrogen and oxygen atoms in total. The molecule has 220 valence electrons. The molecule has 13 heteroatoms. The van der Waals surface area contributed by atoms with E-state index in [0.717, 1.165) is 5.01 Å². The number of carbonyl (C=O) groups is 1. The van der Waals surface area contributed by atoms with Crippen LogP contribution < -0.4 is 14.8 Å². The Bertz CT molecular complexity index is 1390. The maximum Gasteiger partial charge on any atom is 0.410 e. The number of benzene rings is 1. The van der Waals surface area contributed by atoms with Gasteiger partial charge in [-0.3, -0.25) is 0 Å². The predicted molar refractivity (Wildman–Crippen MR) is 158 cm³/mol. The molecule has 2 atom stereocenters. The van der Waals surface area contributed by atoms with E-state index >= 15 is 0 Å². The molecule has 0 radical (unpaired) electrons. The first-order chi connectivity index (χ1) is 19.4. The highest BCUT2D eigenvalue weighted by atomic mass is 32.1. The Balaban J connectivity index is 1.52. The quantitative estimate of drug-likeness (QED) is 0.263. The van der Waals surface area contributed by atoms with Gasteiger partial charge in [0.1, 0.15) is 16.6 Å². The van der Waals surface area contributed by atoms with Gasteiger partial charge in [-0.2, -0.15) is 0 Å². The van der Waals surface area contributed by atoms with Crippen LogP contribution in [0, 0.1) is 6.92 Å². The molecule has 0 spiro atoms. The molecule has 0 unspecified atom stereocenters. The molecule has 1 fully saturated rings. The third kappa shape index (κ3) is 8.26. The molecular formula is C28H36FN7O4S. The van der Waals surface area contributed by atoms with Crippen molar-refractivity contribution in [2.45, 2.75) is 51.9 Å². The number of rotatable bonds is 8. The van der Waals surface area contributed by atoms with Gasteiger partial charge in [0.05, 0.1) is 36.4 Å². The number of halogens is 1. The SMILES string of the molecule is COc1cc(/N=C/N(C)C)ccc1Oc1nc(C)sc1-c1ccnc(N[C@H]2C[C@H](F)CN(C(=O)OC(C)(C)C)C2)n1. The lowest BCUT2D eigenvalue weighted by Crippen LogP contribution is -2.51. The number of aryl methyl sites for hydroxylation is 1. The van der Waals surface area contributed by atoms with Crippen molar-refractivity contribution in [3.05, 3.63) is 35.5 Å². The second-order valence-corrected chi connectivity index (χ2v) is 12.0. The summed E-state index contributed by atoms with van der Waals surface area (Å²) in [4.78, 5) is 34.4. The minimum absolute atomic E-state index is 0.0126. The summed E-state index contributed by atoms with van der Waals surface area (Å²) in [6.07, 6.45) is 1.79. The summed E-state index contributed by atoms with van der Waals surface area (Å²) in [5, 5.41) is 3.97. The Hall–Kier alpha value is -4.00. The van der Waals surface area contributed by atoms with E-state index in [1.807, 2.05) is 32.0 Å². The molecule has 3 aromatic rings. The molecule has 0 saturated carbocycles. The van der Waals surface area contributed by atoms with Gasteiger partial charge in [-0.1, -0.05) is 0 Å². The van der Waals surface area contributed by atoms with Crippen LogP contribution in [0.3, 0.4) is 0 Å². The van der Waals surface area contributed by atoms with Crippen LogP contribution in [0.5, 0.6) is 17.4 Å². The molecule has 41 heavy (non-hydrogen) atoms. The normalized spacial score (nSPS) is 17.4. The minimum Gasteiger partial charge on any atom is -0.493 e. The number of hydrogen-bond donors (Lipinski definition) is 1. The number of aliphatic imine (C=N–C) groups is 1. The van der Waals surface area contributed by atoms with Gasteiger partial charge < -0.3 is 29.3 Å². The van der Waals surface area contributed by atoms with Crippen LogP contribution in [0.15, 0.2) is 35.5 Å². The number of nitrogens with one attached hydrogen (secondary N) is 1. The van der Waals surface area contributed by atoms with E-state index in [9.17, 15) is 9.18 Å². The van der Waals surface area contributed by atoms with Crippen molar-refractivity contribution in [3.63, 3.8) is 0 Å². The zero-order chi connectivity index (χ0) is 29.7. The van der Waals surface area contributed by atoms with Gasteiger partial charge in [-0.05, 0) is 45.9 Å². The molecule has 1 aromatic carbocycles. The van der Waals surface area contributed by atoms with E-state index in [1.54, 1.807) is 58.6 Å². The number of alkyl halides is 1. The molecule has 0 bridgehead atoms. The summed E-state index contributed by atoms with van der Waals surface area (Å²) in [6, 6.07) is 6.75. The number of thiazole rings is 1. The van der Waals surface area contributed by atoms with Crippen molar-refractivity contribution in [2.24, 2.45) is 4.99 Å². The fourth-order valence-corrected chi connectivity index (χ4v) is 4.92. The molecule has 3 heterocycles. The van der Waals surface area contributed by atoms with Crippen LogP contribution in [-0.2, 0) is 4.74 Å². The van der Waals surface area contributed by atoms with Gasteiger partial charge in [0, 0.05) is 45.4 Å². The first-order valence-corrected chi connectivity index (χ1v) is 14.0. The second-order valence-electron chi connectivity index (χ2n) is 10.8. The average molecular weight is 586 g/mol. The summed E-state index contributed by atoms with van der Waals surface area (Å²) >= 11 is 1.43. The highest BCUT2D eigenvalue weighted by Crippen LogP contribution is 2.41. The Labute approximate surface area is 243 Å². The molecule has 1 N–H and O–H groups in total. The van der Waals surface area contributed by atoms with E-state index in [0.29, 0.717) is 39.6 Å². The molecule has 4 rings (SSSR count). The van der Waals surface area contributed by atoms with E-state index in [4.69, 9.17) is 14.2 Å². The Kier molecular flexibility index (Phi) is 9.26. The molecule has 1 saturated heterocycles. The van der Waals surface area contributed by atoms with Crippen LogP contribution in [0.2, 0.25) is 0 Å². The summed E-state index contributed by atoms with van der Waals surface area (Å²) in [5.74, 6) is 1.67. The third-order valence-electron chi connectivity index (χ3n) is 5.77. The van der Waals surface area contributed by atoms with Crippen LogP contribution in [0.1, 0.15) is 32.2 Å². The minimum atomic E-state index is -1.20. The molecule has 2 aromatic heterocycles. The predicted octanol–water partition coefficient (Wildman–Crippen LogP) is 5.69. The monoisotopic (exact) mass is 585 g/mol. The Morgan fingerprint density at radius 1 is 1.22 bits per heavy atom. The number of piperidine rings is 1. The van der Waals surface area contributed by atoms with Gasteiger partial charge in [-0.25, -0.2) is 29.1 Å². The molecule has 1 amide bonds. The van der Waals surface area contributed by atoms with E-state index in [2.05, 4.69) is 25.3 Å². The van der Waals surface area contributed by atoms with Crippen molar-refractivity contribution >= 4 is 35.4 Å². The second kappa shape index (κ2) is 12.7. The van der Waals surface area contributed by atoms with E-state index < -0.39 is 23.9 Å². The largest absolute Gasteiger partial charge is 0.493 e. The third-order valence-corrected chi connectivity index (χ3v) is 6.74. The number of likely N-dealkylation sites (tertiary alicyclic amines) is 1. The number of amides is 1. The average Bonchev–Trinajstić information content (AvgIpc) is 3.26. The molecule has 1 aliphatic rings. The highest BCUT2D eigenvalue weighted by Gasteiger charge is 2.33. The molecule has 0 aliphatic carbocycles. The number of carbonyl (C=O) groups excluding carboxylic acids is 1. The smallest absolute Gasteiger partial charge is 0.410 e. The topological polar surface area (TPSA) is 114 Å². The first-order valence-electron chi connectivity index (χ1n) is 13.2. The van der Waals surface area contributed by atoms with Crippen molar-refractivity contribution in [1.82, 2.24) is 24.8 Å². The lowest BCUT2D eigenvalue weighted by molar-refractivity contribution is 0.0124. The Morgan fingerprint density at radius 2 is 2.00 bits per heavy atom. The van der Waals surface area contributed by atoms with Crippen molar-refractivity contribution < 1.29 is 23.4 Å². The number of methoxy groups -OCH3 is 1. The van der Waals surface area contributed by atoms with Gasteiger partial charge >= 0.3 is 6.09 Å². The van der Waals surface area contributed by atoms with Gasteiger partial charge in [0.2, 0.25) is 11.8 Å². The fourth-order valence-electron chi connectivity index (χ4n) is 4.10. The first kappa shape index (κ1) is 30.0. The van der Waals surface area contributed by atoms with Crippen molar-refractivity contribution in [2.75, 3.05) is 39.6 Å². The fraction of sp³-hybridized carbons (Fsp3) is 0.464. The highest BCUT2D eigenvalue weighted by molar-refractivity contribution is 7.15. The lowest BCUT2D eigenvalue weighted by atomic mass is 10.0. The lowest BCUT2D eigenvalue weighted by Gasteiger charge is -2.36. The van der Waals surface area contributed by atoms with Crippen molar-refractivity contribution in [3.8, 4) is 28.0 Å². The number of aromatic nitrogens is 3. The van der Waals surface area contributed by atoms with Gasteiger partial charge in [-0.15, -0.1) is 11.3 Å². The van der Waals surface area contributed by atoms with E-state index in [-0.39, 0.29) is 19.5 Å². The van der Waals surface area contributed by atoms with Crippen molar-refractivity contribution in [1.29, 1.82) is 0 Å². The van der Waals surface area contributed by atoms with Gasteiger partial charge in [0.25, 0.3) is 0 Å². The summed E-state index contributed by atoms with van der Waals surface area (Å²) in [6.45, 7) is 7.48. The summed E-state index contributed by atoms with van der Waals surface area (Å²) < 4.78 is 31.7. The number of anilines is 1. The summed E-state index contributed by atoms with van der Waals surface area (Å²) in [7, 11) is 5.35. The zero-order valence-corrected chi connectivity index (χ0v) is 25.2. The summed E-state index contributed by atoms with van der Waals surface area (Å²) in [5.41, 5.74) is 0.637. The van der Waals surface area contributed by atoms with E-state index in [1.165, 1.54) is 16.2 Å². The van der Waals surface area contributed by atoms with Crippen LogP contribution in [0.25, 0.3) is 10.6 Å². The number of ether oxygens (including phenoxy) is 3. The number of hydrogen-bond acceptors (Lipinski definition) is 10. The number of nitrogens with zero attached hydrogens (tertiary/aromatic N) is 6. The Morgan fingerprint density at radius 3 is 2.71 bits per heavy atom. The van der Waals surface area contributed by atoms with Crippen LogP contribution >= 0.6 is 11.3 Å². The standard InChI is InChI=1S/C28H36FN7O4S/c1-17-32-25(39-22-9-8-19(13-23(22)38-7)31-16-35(5)6)24(41-17)21-10-11-30-26(34-21)33-20-12-18(29)14-36(15-20)27(37)40-28(2,3)4/h8-11,13,16,18,20H,12,14-15H2,1-7H3,(H,30,33,34)/b31-16+/t18-,20-/m0/s1.